The van der Waals surface area contributed by atoms with E-state index in [9.17, 15) is 4.79 Å². The molecule has 3 heteroatoms. The standard InChI is InChI=1S/C16H16N2O/c1-12-10-14(6-8-17-12)16(19)18-9-7-13-4-2-3-5-15(13)11-18/h2-6,8,10H,7,9,11H2,1H3. The number of benzene rings is 1. The van der Waals surface area contributed by atoms with Crippen molar-refractivity contribution in [2.45, 2.75) is 19.9 Å². The van der Waals surface area contributed by atoms with E-state index in [-0.39, 0.29) is 5.91 Å². The first-order chi connectivity index (χ1) is 9.24. The molecule has 3 nitrogen and oxygen atoms in total. The van der Waals surface area contributed by atoms with Crippen LogP contribution < -0.4 is 0 Å². The fourth-order valence-corrected chi connectivity index (χ4v) is 2.53. The quantitative estimate of drug-likeness (QED) is 0.781. The highest BCUT2D eigenvalue weighted by molar-refractivity contribution is 5.94. The molecular weight excluding hydrogens is 236 g/mol. The number of amides is 1. The van der Waals surface area contributed by atoms with Crippen LogP contribution in [0.4, 0.5) is 0 Å². The van der Waals surface area contributed by atoms with Gasteiger partial charge in [0, 0.05) is 30.5 Å². The molecule has 3 rings (SSSR count). The number of carbonyl (C=O) groups excluding carboxylic acids is 1. The van der Waals surface area contributed by atoms with Crippen molar-refractivity contribution in [2.24, 2.45) is 0 Å². The van der Waals surface area contributed by atoms with Gasteiger partial charge < -0.3 is 4.90 Å². The van der Waals surface area contributed by atoms with E-state index in [4.69, 9.17) is 0 Å². The lowest BCUT2D eigenvalue weighted by Crippen LogP contribution is -2.35. The molecular formula is C16H16N2O. The van der Waals surface area contributed by atoms with E-state index in [1.165, 1.54) is 11.1 Å². The van der Waals surface area contributed by atoms with Crippen molar-refractivity contribution >= 4 is 5.91 Å². The molecule has 0 aliphatic carbocycles. The van der Waals surface area contributed by atoms with Gasteiger partial charge >= 0.3 is 0 Å². The highest BCUT2D eigenvalue weighted by atomic mass is 16.2. The summed E-state index contributed by atoms with van der Waals surface area (Å²) in [5, 5.41) is 0. The van der Waals surface area contributed by atoms with Gasteiger partial charge in [-0.15, -0.1) is 0 Å². The number of nitrogens with zero attached hydrogens (tertiary/aromatic N) is 2. The Kier molecular flexibility index (Phi) is 3.03. The van der Waals surface area contributed by atoms with Crippen molar-refractivity contribution in [3.63, 3.8) is 0 Å². The summed E-state index contributed by atoms with van der Waals surface area (Å²) in [5.41, 5.74) is 4.22. The number of carbonyl (C=O) groups is 1. The Morgan fingerprint density at radius 2 is 2.00 bits per heavy atom. The number of rotatable bonds is 1. The van der Waals surface area contributed by atoms with Crippen molar-refractivity contribution in [1.82, 2.24) is 9.88 Å². The fourth-order valence-electron chi connectivity index (χ4n) is 2.53. The average molecular weight is 252 g/mol. The lowest BCUT2D eigenvalue weighted by molar-refractivity contribution is 0.0734. The number of aromatic nitrogens is 1. The molecule has 0 atom stereocenters. The van der Waals surface area contributed by atoms with Crippen LogP contribution in [0, 0.1) is 6.92 Å². The molecule has 1 amide bonds. The second-order valence-electron chi connectivity index (χ2n) is 4.93. The predicted molar refractivity (Wildman–Crippen MR) is 73.9 cm³/mol. The molecule has 1 aromatic heterocycles. The largest absolute Gasteiger partial charge is 0.334 e. The van der Waals surface area contributed by atoms with Crippen molar-refractivity contribution in [1.29, 1.82) is 0 Å². The van der Waals surface area contributed by atoms with Crippen LogP contribution in [0.25, 0.3) is 0 Å². The van der Waals surface area contributed by atoms with Gasteiger partial charge in [0.1, 0.15) is 0 Å². The number of aryl methyl sites for hydroxylation is 1. The van der Waals surface area contributed by atoms with E-state index in [0.29, 0.717) is 6.54 Å². The van der Waals surface area contributed by atoms with Crippen LogP contribution in [0.3, 0.4) is 0 Å². The smallest absolute Gasteiger partial charge is 0.254 e. The first-order valence-corrected chi connectivity index (χ1v) is 6.53. The minimum atomic E-state index is 0.0972. The van der Waals surface area contributed by atoms with Gasteiger partial charge in [-0.25, -0.2) is 0 Å². The minimum absolute atomic E-state index is 0.0972. The monoisotopic (exact) mass is 252 g/mol. The summed E-state index contributed by atoms with van der Waals surface area (Å²) in [6, 6.07) is 12.0. The van der Waals surface area contributed by atoms with E-state index in [1.54, 1.807) is 12.3 Å². The molecule has 2 aromatic rings. The van der Waals surface area contributed by atoms with E-state index >= 15 is 0 Å². The molecule has 0 saturated carbocycles. The van der Waals surface area contributed by atoms with Crippen LogP contribution in [-0.2, 0) is 13.0 Å². The normalized spacial score (nSPS) is 14.1. The molecule has 1 aliphatic rings. The van der Waals surface area contributed by atoms with Gasteiger partial charge in [0.25, 0.3) is 5.91 Å². The van der Waals surface area contributed by atoms with Crippen molar-refractivity contribution in [3.05, 3.63) is 65.0 Å². The van der Waals surface area contributed by atoms with Crippen molar-refractivity contribution in [3.8, 4) is 0 Å². The summed E-state index contributed by atoms with van der Waals surface area (Å²) < 4.78 is 0. The summed E-state index contributed by atoms with van der Waals surface area (Å²) in [6.07, 6.45) is 2.63. The number of hydrogen-bond acceptors (Lipinski definition) is 2. The molecule has 2 heterocycles. The van der Waals surface area contributed by atoms with Gasteiger partial charge in [0.15, 0.2) is 0 Å². The van der Waals surface area contributed by atoms with Crippen LogP contribution in [0.5, 0.6) is 0 Å². The summed E-state index contributed by atoms with van der Waals surface area (Å²) in [4.78, 5) is 18.5. The Bertz CT molecular complexity index is 622. The number of pyridine rings is 1. The molecule has 1 aliphatic heterocycles. The highest BCUT2D eigenvalue weighted by Crippen LogP contribution is 2.20. The zero-order valence-electron chi connectivity index (χ0n) is 11.0. The SMILES string of the molecule is Cc1cc(C(=O)N2CCc3ccccc3C2)ccn1. The average Bonchev–Trinajstić information content (AvgIpc) is 2.46. The third kappa shape index (κ3) is 2.36. The van der Waals surface area contributed by atoms with Gasteiger partial charge in [-0.05, 0) is 36.6 Å². The lowest BCUT2D eigenvalue weighted by atomic mass is 9.99. The second kappa shape index (κ2) is 4.84. The molecule has 0 fully saturated rings. The van der Waals surface area contributed by atoms with E-state index in [1.807, 2.05) is 24.0 Å². The number of hydrogen-bond donors (Lipinski definition) is 0. The summed E-state index contributed by atoms with van der Waals surface area (Å²) in [7, 11) is 0. The molecule has 19 heavy (non-hydrogen) atoms. The molecule has 0 N–H and O–H groups in total. The molecule has 96 valence electrons. The Hall–Kier alpha value is -2.16. The van der Waals surface area contributed by atoms with Crippen LogP contribution in [0.1, 0.15) is 27.2 Å². The first-order valence-electron chi connectivity index (χ1n) is 6.53. The van der Waals surface area contributed by atoms with Crippen LogP contribution in [0.15, 0.2) is 42.6 Å². The van der Waals surface area contributed by atoms with Gasteiger partial charge in [-0.2, -0.15) is 0 Å². The predicted octanol–water partition coefficient (Wildman–Crippen LogP) is 2.59. The number of fused-ring (bicyclic) bond motifs is 1. The van der Waals surface area contributed by atoms with Gasteiger partial charge in [-0.1, -0.05) is 24.3 Å². The topological polar surface area (TPSA) is 33.2 Å². The first kappa shape index (κ1) is 11.9. The molecule has 0 bridgehead atoms. The van der Waals surface area contributed by atoms with Gasteiger partial charge in [-0.3, -0.25) is 9.78 Å². The maximum atomic E-state index is 12.5. The third-order valence-electron chi connectivity index (χ3n) is 3.56. The van der Waals surface area contributed by atoms with Gasteiger partial charge in [0.05, 0.1) is 0 Å². The fraction of sp³-hybridized carbons (Fsp3) is 0.250. The molecule has 0 unspecified atom stereocenters. The zero-order chi connectivity index (χ0) is 13.2. The summed E-state index contributed by atoms with van der Waals surface area (Å²) >= 11 is 0. The van der Waals surface area contributed by atoms with E-state index in [0.717, 1.165) is 24.2 Å². The maximum Gasteiger partial charge on any atom is 0.254 e. The van der Waals surface area contributed by atoms with Crippen molar-refractivity contribution < 1.29 is 4.79 Å². The highest BCUT2D eigenvalue weighted by Gasteiger charge is 2.21. The Balaban J connectivity index is 1.83. The molecule has 0 saturated heterocycles. The summed E-state index contributed by atoms with van der Waals surface area (Å²) in [6.45, 7) is 3.40. The summed E-state index contributed by atoms with van der Waals surface area (Å²) in [5.74, 6) is 0.0972. The Morgan fingerprint density at radius 1 is 1.21 bits per heavy atom. The zero-order valence-corrected chi connectivity index (χ0v) is 11.0. The minimum Gasteiger partial charge on any atom is -0.334 e. The molecule has 1 aromatic carbocycles. The van der Waals surface area contributed by atoms with Crippen molar-refractivity contribution in [2.75, 3.05) is 6.54 Å². The van der Waals surface area contributed by atoms with Crippen LogP contribution in [0.2, 0.25) is 0 Å². The Morgan fingerprint density at radius 3 is 2.79 bits per heavy atom. The van der Waals surface area contributed by atoms with E-state index < -0.39 is 0 Å². The lowest BCUT2D eigenvalue weighted by Gasteiger charge is -2.29. The van der Waals surface area contributed by atoms with E-state index in [2.05, 4.69) is 23.2 Å². The second-order valence-corrected chi connectivity index (χ2v) is 4.93. The Labute approximate surface area is 112 Å². The van der Waals surface area contributed by atoms with Crippen LogP contribution >= 0.6 is 0 Å². The third-order valence-corrected chi connectivity index (χ3v) is 3.56. The maximum absolute atomic E-state index is 12.5. The molecule has 0 radical (unpaired) electrons. The van der Waals surface area contributed by atoms with Crippen LogP contribution in [-0.4, -0.2) is 22.3 Å². The van der Waals surface area contributed by atoms with Gasteiger partial charge in [0.2, 0.25) is 0 Å². The molecule has 0 spiro atoms.